The van der Waals surface area contributed by atoms with E-state index in [0.717, 1.165) is 0 Å². The van der Waals surface area contributed by atoms with Gasteiger partial charge in [-0.1, -0.05) is 148 Å². The second kappa shape index (κ2) is 23.1. The average molecular weight is 489 g/mol. The molecule has 0 bridgehead atoms. The molecule has 1 heteroatoms. The molecule has 0 heterocycles. The maximum atomic E-state index is 3.08. The number of benzene rings is 1. The van der Waals surface area contributed by atoms with Crippen LogP contribution in [-0.4, -0.2) is 0 Å². The van der Waals surface area contributed by atoms with E-state index in [2.05, 4.69) is 42.1 Å². The normalized spacial score (nSPS) is 11.4. The fraction of sp³-hybridized carbons (Fsp3) is 0.818. The Balaban J connectivity index is 2.61. The van der Waals surface area contributed by atoms with Crippen molar-refractivity contribution in [2.45, 2.75) is 175 Å². The van der Waals surface area contributed by atoms with Crippen LogP contribution in [-0.2, 0) is 19.3 Å². The van der Waals surface area contributed by atoms with Gasteiger partial charge in [0.15, 0.2) is 0 Å². The van der Waals surface area contributed by atoms with Gasteiger partial charge in [-0.05, 0) is 60.5 Å². The van der Waals surface area contributed by atoms with Crippen LogP contribution < -0.4 is 5.30 Å². The summed E-state index contributed by atoms with van der Waals surface area (Å²) in [4.78, 5) is 0. The summed E-state index contributed by atoms with van der Waals surface area (Å²) in [5.41, 5.74) is 5.13. The molecule has 1 unspecified atom stereocenters. The van der Waals surface area contributed by atoms with Crippen LogP contribution in [0.25, 0.3) is 0 Å². The fourth-order valence-electron chi connectivity index (χ4n) is 5.39. The quantitative estimate of drug-likeness (QED) is 0.100. The highest BCUT2D eigenvalue weighted by atomic mass is 31.0. The molecule has 0 amide bonds. The van der Waals surface area contributed by atoms with E-state index in [0.29, 0.717) is 0 Å². The highest BCUT2D eigenvalue weighted by Gasteiger charge is 2.12. The van der Waals surface area contributed by atoms with E-state index in [1.54, 1.807) is 16.7 Å². The minimum absolute atomic E-state index is 1.29. The molecule has 1 atom stereocenters. The van der Waals surface area contributed by atoms with E-state index < -0.39 is 0 Å². The topological polar surface area (TPSA) is 0 Å². The first-order chi connectivity index (χ1) is 16.7. The predicted molar refractivity (Wildman–Crippen MR) is 161 cm³/mol. The van der Waals surface area contributed by atoms with Gasteiger partial charge in [0.05, 0.1) is 0 Å². The summed E-state index contributed by atoms with van der Waals surface area (Å²) in [5, 5.41) is 1.48. The number of rotatable bonds is 24. The summed E-state index contributed by atoms with van der Waals surface area (Å²) >= 11 is 0. The van der Waals surface area contributed by atoms with Gasteiger partial charge in [0.2, 0.25) is 0 Å². The molecular weight excluding hydrogens is 427 g/mol. The smallest absolute Gasteiger partial charge is 0.0268 e. The van der Waals surface area contributed by atoms with Crippen molar-refractivity contribution in [3.8, 4) is 0 Å². The molecular formula is C33H61P. The summed E-state index contributed by atoms with van der Waals surface area (Å²) in [7, 11) is 3.08. The van der Waals surface area contributed by atoms with E-state index in [4.69, 9.17) is 0 Å². The Kier molecular flexibility index (Phi) is 21.5. The summed E-state index contributed by atoms with van der Waals surface area (Å²) in [5.74, 6) is 0. The monoisotopic (exact) mass is 488 g/mol. The molecule has 1 rings (SSSR count). The Morgan fingerprint density at radius 2 is 0.765 bits per heavy atom. The molecule has 0 fully saturated rings. The molecule has 0 spiro atoms. The van der Waals surface area contributed by atoms with Crippen molar-refractivity contribution in [3.05, 3.63) is 28.8 Å². The zero-order valence-corrected chi connectivity index (χ0v) is 24.9. The first-order valence-electron chi connectivity index (χ1n) is 15.6. The van der Waals surface area contributed by atoms with E-state index in [-0.39, 0.29) is 0 Å². The lowest BCUT2D eigenvalue weighted by Crippen LogP contribution is -2.11. The van der Waals surface area contributed by atoms with Gasteiger partial charge >= 0.3 is 0 Å². The summed E-state index contributed by atoms with van der Waals surface area (Å²) in [6.45, 7) is 6.94. The minimum atomic E-state index is 1.29. The number of unbranched alkanes of at least 4 members (excludes halogenated alkanes) is 18. The largest absolute Gasteiger partial charge is 0.105 e. The van der Waals surface area contributed by atoms with Gasteiger partial charge in [-0.2, -0.15) is 0 Å². The standard InChI is InChI=1S/C33H61P/c1-4-7-10-13-16-19-22-25-30-28-29-33(34)32(27-24-21-18-15-12-9-6-3)31(30)26-23-20-17-14-11-8-5-2/h28-29H,4-27,34H2,1-3H3. The molecule has 0 saturated carbocycles. The Morgan fingerprint density at radius 3 is 1.21 bits per heavy atom. The van der Waals surface area contributed by atoms with Gasteiger partial charge in [0.25, 0.3) is 0 Å². The average Bonchev–Trinajstić information content (AvgIpc) is 2.84. The fourth-order valence-corrected chi connectivity index (χ4v) is 5.81. The van der Waals surface area contributed by atoms with Crippen molar-refractivity contribution in [1.29, 1.82) is 0 Å². The molecule has 0 aliphatic heterocycles. The van der Waals surface area contributed by atoms with Crippen LogP contribution in [0.4, 0.5) is 0 Å². The van der Waals surface area contributed by atoms with Crippen LogP contribution in [0, 0.1) is 0 Å². The van der Waals surface area contributed by atoms with Gasteiger partial charge in [-0.3, -0.25) is 0 Å². The number of hydrogen-bond acceptors (Lipinski definition) is 0. The maximum absolute atomic E-state index is 3.08. The van der Waals surface area contributed by atoms with Crippen molar-refractivity contribution >= 4 is 14.5 Å². The van der Waals surface area contributed by atoms with Crippen molar-refractivity contribution < 1.29 is 0 Å². The van der Waals surface area contributed by atoms with Gasteiger partial charge < -0.3 is 0 Å². The van der Waals surface area contributed by atoms with Gasteiger partial charge in [0, 0.05) is 0 Å². The van der Waals surface area contributed by atoms with E-state index >= 15 is 0 Å². The van der Waals surface area contributed by atoms with Crippen LogP contribution in [0.3, 0.4) is 0 Å². The number of aryl methyl sites for hydroxylation is 1. The summed E-state index contributed by atoms with van der Waals surface area (Å²) < 4.78 is 0. The first kappa shape index (κ1) is 31.7. The molecule has 0 saturated heterocycles. The Labute approximate surface area is 218 Å². The first-order valence-corrected chi connectivity index (χ1v) is 16.2. The third-order valence-corrected chi connectivity index (χ3v) is 8.22. The van der Waals surface area contributed by atoms with Crippen LogP contribution in [0.5, 0.6) is 0 Å². The van der Waals surface area contributed by atoms with E-state index in [9.17, 15) is 0 Å². The van der Waals surface area contributed by atoms with Crippen molar-refractivity contribution in [3.63, 3.8) is 0 Å². The highest BCUT2D eigenvalue weighted by molar-refractivity contribution is 7.27. The predicted octanol–water partition coefficient (Wildman–Crippen LogP) is 11.1. The second-order valence-electron chi connectivity index (χ2n) is 10.9. The van der Waals surface area contributed by atoms with Crippen molar-refractivity contribution in [1.82, 2.24) is 0 Å². The van der Waals surface area contributed by atoms with Crippen LogP contribution in [0.1, 0.15) is 172 Å². The van der Waals surface area contributed by atoms with Gasteiger partial charge in [-0.25, -0.2) is 0 Å². The molecule has 1 aromatic carbocycles. The molecule has 1 aromatic rings. The SMILES string of the molecule is CCCCCCCCCc1ccc(P)c(CCCCCCCCC)c1CCCCCCCCC. The second-order valence-corrected chi connectivity index (χ2v) is 11.5. The third kappa shape index (κ3) is 15.6. The van der Waals surface area contributed by atoms with Crippen LogP contribution in [0.15, 0.2) is 12.1 Å². The summed E-state index contributed by atoms with van der Waals surface area (Å²) in [6.07, 6.45) is 33.5. The lowest BCUT2D eigenvalue weighted by atomic mass is 9.90. The Morgan fingerprint density at radius 1 is 0.412 bits per heavy atom. The van der Waals surface area contributed by atoms with Gasteiger partial charge in [0.1, 0.15) is 0 Å². The van der Waals surface area contributed by atoms with E-state index in [1.165, 1.54) is 159 Å². The highest BCUT2D eigenvalue weighted by Crippen LogP contribution is 2.24. The Bertz CT molecular complexity index is 576. The zero-order valence-electron chi connectivity index (χ0n) is 23.7. The third-order valence-electron chi connectivity index (χ3n) is 7.67. The molecule has 198 valence electrons. The lowest BCUT2D eigenvalue weighted by Gasteiger charge is -2.18. The number of hydrogen-bond donors (Lipinski definition) is 0. The minimum Gasteiger partial charge on any atom is -0.105 e. The molecule has 0 N–H and O–H groups in total. The summed E-state index contributed by atoms with van der Waals surface area (Å²) in [6, 6.07) is 4.89. The molecule has 0 nitrogen and oxygen atoms in total. The van der Waals surface area contributed by atoms with E-state index in [1.807, 2.05) is 0 Å². The Hall–Kier alpha value is -0.350. The molecule has 0 aromatic heterocycles. The molecule has 0 aliphatic carbocycles. The molecule has 0 aliphatic rings. The lowest BCUT2D eigenvalue weighted by molar-refractivity contribution is 0.579. The molecule has 0 radical (unpaired) electrons. The van der Waals surface area contributed by atoms with Crippen LogP contribution in [0.2, 0.25) is 0 Å². The molecule has 34 heavy (non-hydrogen) atoms. The van der Waals surface area contributed by atoms with Crippen molar-refractivity contribution in [2.24, 2.45) is 0 Å². The maximum Gasteiger partial charge on any atom is -0.0268 e. The zero-order chi connectivity index (χ0) is 24.7. The van der Waals surface area contributed by atoms with Crippen LogP contribution >= 0.6 is 9.24 Å². The van der Waals surface area contributed by atoms with Crippen molar-refractivity contribution in [2.75, 3.05) is 0 Å². The van der Waals surface area contributed by atoms with Gasteiger partial charge in [-0.15, -0.1) is 9.24 Å².